The Bertz CT molecular complexity index is 373. The van der Waals surface area contributed by atoms with Gasteiger partial charge in [0.15, 0.2) is 12.6 Å². The van der Waals surface area contributed by atoms with Crippen molar-refractivity contribution in [3.63, 3.8) is 0 Å². The minimum absolute atomic E-state index is 0.170. The number of aryl methyl sites for hydroxylation is 1. The van der Waals surface area contributed by atoms with Gasteiger partial charge in [-0.15, -0.1) is 0 Å². The molecular weight excluding hydrogens is 206 g/mol. The third-order valence-electron chi connectivity index (χ3n) is 2.58. The number of aldehydes is 1. The summed E-state index contributed by atoms with van der Waals surface area (Å²) < 4.78 is 11.2. The largest absolute Gasteiger partial charge is 0.463 e. The molecule has 1 aromatic rings. The van der Waals surface area contributed by atoms with E-state index in [1.54, 1.807) is 12.1 Å². The highest BCUT2D eigenvalue weighted by molar-refractivity contribution is 5.71. The number of nitrogens with zero attached hydrogens (tertiary/aromatic N) is 1. The molecule has 0 saturated carbocycles. The van der Waals surface area contributed by atoms with Gasteiger partial charge in [0.05, 0.1) is 12.3 Å². The number of aromatic nitrogens is 1. The first kappa shape index (κ1) is 11.1. The molecule has 0 aromatic carbocycles. The predicted octanol–water partition coefficient (Wildman–Crippen LogP) is 2.11. The fourth-order valence-electron chi connectivity index (χ4n) is 1.70. The molecule has 1 unspecified atom stereocenters. The lowest BCUT2D eigenvalue weighted by atomic mass is 10.2. The molecule has 0 amide bonds. The predicted molar refractivity (Wildman–Crippen MR) is 58.6 cm³/mol. The second kappa shape index (κ2) is 5.07. The minimum atomic E-state index is -0.170. The van der Waals surface area contributed by atoms with Crippen LogP contribution in [0.15, 0.2) is 12.1 Å². The van der Waals surface area contributed by atoms with Crippen LogP contribution < -0.4 is 4.74 Å². The van der Waals surface area contributed by atoms with Gasteiger partial charge in [0.2, 0.25) is 0 Å². The van der Waals surface area contributed by atoms with Gasteiger partial charge in [0.1, 0.15) is 11.4 Å². The molecule has 2 rings (SSSR count). The van der Waals surface area contributed by atoms with Gasteiger partial charge in [-0.1, -0.05) is 0 Å². The molecule has 0 aliphatic carbocycles. The average molecular weight is 221 g/mol. The molecule has 1 aliphatic rings. The van der Waals surface area contributed by atoms with Crippen LogP contribution in [0.25, 0.3) is 0 Å². The molecule has 0 N–H and O–H groups in total. The second-order valence-electron chi connectivity index (χ2n) is 3.85. The highest BCUT2D eigenvalue weighted by Gasteiger charge is 2.16. The Morgan fingerprint density at radius 1 is 1.50 bits per heavy atom. The quantitative estimate of drug-likeness (QED) is 0.733. The number of carbonyl (C=O) groups excluding carboxylic acids is 1. The van der Waals surface area contributed by atoms with Crippen molar-refractivity contribution in [2.45, 2.75) is 32.5 Å². The highest BCUT2D eigenvalue weighted by Crippen LogP contribution is 2.21. The molecule has 4 nitrogen and oxygen atoms in total. The summed E-state index contributed by atoms with van der Waals surface area (Å²) in [5.74, 6) is 0.692. The third-order valence-corrected chi connectivity index (χ3v) is 2.58. The molecule has 1 fully saturated rings. The molecule has 1 saturated heterocycles. The maximum atomic E-state index is 10.5. The van der Waals surface area contributed by atoms with E-state index in [1.807, 2.05) is 6.92 Å². The zero-order valence-corrected chi connectivity index (χ0v) is 9.31. The smallest absolute Gasteiger partial charge is 0.199 e. The summed E-state index contributed by atoms with van der Waals surface area (Å²) in [4.78, 5) is 14.6. The van der Waals surface area contributed by atoms with E-state index in [2.05, 4.69) is 4.98 Å². The lowest BCUT2D eigenvalue weighted by Gasteiger charge is -2.23. The van der Waals surface area contributed by atoms with Crippen molar-refractivity contribution in [1.82, 2.24) is 4.98 Å². The van der Waals surface area contributed by atoms with Gasteiger partial charge in [0, 0.05) is 6.42 Å². The zero-order valence-electron chi connectivity index (χ0n) is 9.31. The Morgan fingerprint density at radius 3 is 3.00 bits per heavy atom. The van der Waals surface area contributed by atoms with Gasteiger partial charge in [-0.3, -0.25) is 4.79 Å². The summed E-state index contributed by atoms with van der Waals surface area (Å²) in [6, 6.07) is 3.42. The molecular formula is C12H15NO3. The molecule has 86 valence electrons. The maximum absolute atomic E-state index is 10.5. The van der Waals surface area contributed by atoms with Crippen molar-refractivity contribution < 1.29 is 14.3 Å². The fourth-order valence-corrected chi connectivity index (χ4v) is 1.70. The number of ether oxygens (including phenoxy) is 2. The third kappa shape index (κ3) is 2.58. The average Bonchev–Trinajstić information content (AvgIpc) is 2.33. The van der Waals surface area contributed by atoms with Crippen LogP contribution in [0.5, 0.6) is 5.75 Å². The van der Waals surface area contributed by atoms with Crippen LogP contribution in [0.4, 0.5) is 0 Å². The number of hydrogen-bond donors (Lipinski definition) is 0. The minimum Gasteiger partial charge on any atom is -0.463 e. The van der Waals surface area contributed by atoms with Crippen molar-refractivity contribution in [2.75, 3.05) is 6.61 Å². The number of hydrogen-bond acceptors (Lipinski definition) is 4. The van der Waals surface area contributed by atoms with Crippen molar-refractivity contribution >= 4 is 6.29 Å². The molecule has 2 heterocycles. The van der Waals surface area contributed by atoms with Crippen molar-refractivity contribution in [3.05, 3.63) is 23.5 Å². The van der Waals surface area contributed by atoms with Crippen LogP contribution in [0.1, 0.15) is 35.4 Å². The van der Waals surface area contributed by atoms with E-state index in [9.17, 15) is 4.79 Å². The lowest BCUT2D eigenvalue weighted by Crippen LogP contribution is -2.25. The van der Waals surface area contributed by atoms with Gasteiger partial charge < -0.3 is 9.47 Å². The van der Waals surface area contributed by atoms with Crippen molar-refractivity contribution in [2.24, 2.45) is 0 Å². The molecule has 0 spiro atoms. The highest BCUT2D eigenvalue weighted by atomic mass is 16.7. The van der Waals surface area contributed by atoms with Gasteiger partial charge >= 0.3 is 0 Å². The second-order valence-corrected chi connectivity index (χ2v) is 3.85. The molecule has 1 aliphatic heterocycles. The Labute approximate surface area is 94.6 Å². The van der Waals surface area contributed by atoms with E-state index < -0.39 is 0 Å². The van der Waals surface area contributed by atoms with E-state index in [0.29, 0.717) is 11.4 Å². The van der Waals surface area contributed by atoms with Gasteiger partial charge in [-0.25, -0.2) is 4.98 Å². The first-order valence-electron chi connectivity index (χ1n) is 5.50. The monoisotopic (exact) mass is 221 g/mol. The molecule has 1 atom stereocenters. The summed E-state index contributed by atoms with van der Waals surface area (Å²) in [5, 5.41) is 0. The Morgan fingerprint density at radius 2 is 2.38 bits per heavy atom. The van der Waals surface area contributed by atoms with Crippen molar-refractivity contribution in [1.29, 1.82) is 0 Å². The summed E-state index contributed by atoms with van der Waals surface area (Å²) in [7, 11) is 0. The number of rotatable bonds is 3. The fraction of sp³-hybridized carbons (Fsp3) is 0.500. The molecule has 0 bridgehead atoms. The van der Waals surface area contributed by atoms with Crippen molar-refractivity contribution in [3.8, 4) is 5.75 Å². The SMILES string of the molecule is Cc1nc(C=O)ccc1OC1CCCCO1. The normalized spacial score (nSPS) is 20.4. The van der Waals surface area contributed by atoms with Crippen LogP contribution in [-0.2, 0) is 4.74 Å². The number of pyridine rings is 1. The molecule has 4 heteroatoms. The van der Waals surface area contributed by atoms with Gasteiger partial charge in [0.25, 0.3) is 0 Å². The first-order valence-corrected chi connectivity index (χ1v) is 5.50. The first-order chi connectivity index (χ1) is 7.79. The Hall–Kier alpha value is -1.42. The van der Waals surface area contributed by atoms with E-state index >= 15 is 0 Å². The van der Waals surface area contributed by atoms with E-state index in [0.717, 1.165) is 37.8 Å². The van der Waals surface area contributed by atoms with E-state index in [1.165, 1.54) is 0 Å². The molecule has 16 heavy (non-hydrogen) atoms. The molecule has 0 radical (unpaired) electrons. The summed E-state index contributed by atoms with van der Waals surface area (Å²) in [5.41, 5.74) is 1.15. The van der Waals surface area contributed by atoms with Crippen LogP contribution in [-0.4, -0.2) is 24.2 Å². The Balaban J connectivity index is 2.05. The van der Waals surface area contributed by atoms with Crippen LogP contribution in [0, 0.1) is 6.92 Å². The lowest BCUT2D eigenvalue weighted by molar-refractivity contribution is -0.106. The summed E-state index contributed by atoms with van der Waals surface area (Å²) in [6.45, 7) is 2.58. The van der Waals surface area contributed by atoms with Crippen LogP contribution in [0.2, 0.25) is 0 Å². The number of carbonyl (C=O) groups is 1. The maximum Gasteiger partial charge on any atom is 0.199 e. The van der Waals surface area contributed by atoms with Gasteiger partial charge in [-0.2, -0.15) is 0 Å². The topological polar surface area (TPSA) is 48.4 Å². The summed E-state index contributed by atoms with van der Waals surface area (Å²) >= 11 is 0. The van der Waals surface area contributed by atoms with Crippen LogP contribution in [0.3, 0.4) is 0 Å². The van der Waals surface area contributed by atoms with Gasteiger partial charge in [-0.05, 0) is 31.9 Å². The Kier molecular flexibility index (Phi) is 3.51. The van der Waals surface area contributed by atoms with Crippen LogP contribution >= 0.6 is 0 Å². The molecule has 1 aromatic heterocycles. The zero-order chi connectivity index (χ0) is 11.4. The standard InChI is InChI=1S/C12H15NO3/c1-9-11(6-5-10(8-14)13-9)16-12-4-2-3-7-15-12/h5-6,8,12H,2-4,7H2,1H3. The van der Waals surface area contributed by atoms with E-state index in [4.69, 9.17) is 9.47 Å². The summed E-state index contributed by atoms with van der Waals surface area (Å²) in [6.07, 6.45) is 3.70. The van der Waals surface area contributed by atoms with E-state index in [-0.39, 0.29) is 6.29 Å².